The lowest BCUT2D eigenvalue weighted by Gasteiger charge is -2.20. The van der Waals surface area contributed by atoms with Crippen LogP contribution in [-0.2, 0) is 21.2 Å². The molecule has 0 radical (unpaired) electrons. The van der Waals surface area contributed by atoms with Gasteiger partial charge in [0, 0.05) is 17.0 Å². The van der Waals surface area contributed by atoms with Crippen molar-refractivity contribution in [3.63, 3.8) is 0 Å². The Labute approximate surface area is 169 Å². The van der Waals surface area contributed by atoms with Gasteiger partial charge in [0.05, 0.1) is 24.9 Å². The Morgan fingerprint density at radius 2 is 2.21 bits per heavy atom. The van der Waals surface area contributed by atoms with Crippen LogP contribution in [0.15, 0.2) is 17.5 Å². The van der Waals surface area contributed by atoms with E-state index in [-0.39, 0.29) is 30.0 Å². The molecule has 1 aliphatic heterocycles. The van der Waals surface area contributed by atoms with Gasteiger partial charge in [-0.1, -0.05) is 6.07 Å². The van der Waals surface area contributed by atoms with Crippen LogP contribution in [0.2, 0.25) is 0 Å². The van der Waals surface area contributed by atoms with E-state index in [9.17, 15) is 18.5 Å². The molecule has 0 spiro atoms. The lowest BCUT2D eigenvalue weighted by Crippen LogP contribution is -3.14. The van der Waals surface area contributed by atoms with Crippen LogP contribution in [0.5, 0.6) is 0 Å². The topological polar surface area (TPSA) is 96.4 Å². The number of likely N-dealkylation sites (N-methyl/N-ethyl adjacent to an activating group) is 1. The van der Waals surface area contributed by atoms with Crippen molar-refractivity contribution in [1.29, 1.82) is 5.26 Å². The Hall–Kier alpha value is -2.15. The third-order valence-electron chi connectivity index (χ3n) is 5.46. The van der Waals surface area contributed by atoms with E-state index in [1.807, 2.05) is 43.0 Å². The number of sulfone groups is 1. The molecule has 150 valence electrons. The second-order valence-electron chi connectivity index (χ2n) is 7.38. The Morgan fingerprint density at radius 1 is 1.46 bits per heavy atom. The summed E-state index contributed by atoms with van der Waals surface area (Å²) in [4.78, 5) is 14.7. The maximum absolute atomic E-state index is 12.7. The molecule has 1 fully saturated rings. The van der Waals surface area contributed by atoms with Crippen molar-refractivity contribution in [1.82, 2.24) is 4.57 Å². The maximum Gasteiger partial charge on any atom is 0.280 e. The van der Waals surface area contributed by atoms with Gasteiger partial charge in [0.1, 0.15) is 23.7 Å². The predicted octanol–water partition coefficient (Wildman–Crippen LogP) is 0.727. The van der Waals surface area contributed by atoms with E-state index < -0.39 is 9.84 Å². The van der Waals surface area contributed by atoms with Crippen molar-refractivity contribution in [2.75, 3.05) is 30.4 Å². The summed E-state index contributed by atoms with van der Waals surface area (Å²) in [5.74, 6) is 0.616. The molecule has 1 aliphatic rings. The van der Waals surface area contributed by atoms with Crippen LogP contribution < -0.4 is 10.2 Å². The van der Waals surface area contributed by atoms with Crippen molar-refractivity contribution in [2.24, 2.45) is 0 Å². The molecule has 7 nitrogen and oxygen atoms in total. The average Bonchev–Trinajstić information content (AvgIpc) is 3.31. The number of nitrogens with one attached hydrogen (secondary N) is 2. The highest BCUT2D eigenvalue weighted by atomic mass is 32.2. The van der Waals surface area contributed by atoms with Gasteiger partial charge in [-0.3, -0.25) is 4.79 Å². The van der Waals surface area contributed by atoms with Crippen LogP contribution in [0.1, 0.15) is 28.1 Å². The summed E-state index contributed by atoms with van der Waals surface area (Å²) in [5, 5.41) is 14.5. The summed E-state index contributed by atoms with van der Waals surface area (Å²) in [6, 6.07) is 6.15. The normalized spacial score (nSPS) is 19.3. The number of carbonyl (C=O) groups excluding carboxylic acids is 1. The molecule has 3 rings (SSSR count). The summed E-state index contributed by atoms with van der Waals surface area (Å²) in [6.07, 6.45) is 0.581. The van der Waals surface area contributed by atoms with Crippen LogP contribution in [0.3, 0.4) is 0 Å². The molecule has 2 aromatic heterocycles. The standard InChI is InChI=1S/C19H24N4O3S2/c1-13-14(2)23(10-16-5-4-7-27-16)19(17(13)9-20)21-18(24)11-22(3)15-6-8-28(25,26)12-15/h4-5,7,15H,6,8,10-12H2,1-3H3,(H,21,24)/p+1/t15-/m1/s1. The van der Waals surface area contributed by atoms with Gasteiger partial charge in [-0.25, -0.2) is 8.42 Å². The molecule has 0 aliphatic carbocycles. The van der Waals surface area contributed by atoms with E-state index in [4.69, 9.17) is 0 Å². The monoisotopic (exact) mass is 421 g/mol. The molecule has 1 unspecified atom stereocenters. The van der Waals surface area contributed by atoms with Crippen molar-refractivity contribution >= 4 is 32.9 Å². The molecule has 1 amide bonds. The quantitative estimate of drug-likeness (QED) is 0.719. The molecule has 28 heavy (non-hydrogen) atoms. The van der Waals surface area contributed by atoms with Crippen molar-refractivity contribution in [2.45, 2.75) is 32.9 Å². The van der Waals surface area contributed by atoms with E-state index in [0.717, 1.165) is 21.0 Å². The highest BCUT2D eigenvalue weighted by molar-refractivity contribution is 7.91. The number of carbonyl (C=O) groups is 1. The van der Waals surface area contributed by atoms with E-state index >= 15 is 0 Å². The molecule has 3 heterocycles. The SMILES string of the molecule is Cc1c(C#N)c(NC(=O)C[NH+](C)[C@@H]2CCS(=O)(=O)C2)n(Cc2cccs2)c1C. The van der Waals surface area contributed by atoms with Crippen LogP contribution in [0.4, 0.5) is 5.82 Å². The number of hydrogen-bond acceptors (Lipinski definition) is 5. The van der Waals surface area contributed by atoms with Gasteiger partial charge in [0.15, 0.2) is 16.4 Å². The van der Waals surface area contributed by atoms with Gasteiger partial charge < -0.3 is 14.8 Å². The molecule has 2 aromatic rings. The van der Waals surface area contributed by atoms with Gasteiger partial charge in [-0.15, -0.1) is 11.3 Å². The minimum absolute atomic E-state index is 0.0624. The Balaban J connectivity index is 1.78. The second kappa shape index (κ2) is 8.07. The highest BCUT2D eigenvalue weighted by Gasteiger charge is 2.34. The maximum atomic E-state index is 12.7. The Kier molecular flexibility index (Phi) is 5.93. The fraction of sp³-hybridized carbons (Fsp3) is 0.474. The average molecular weight is 422 g/mol. The molecule has 0 bridgehead atoms. The summed E-state index contributed by atoms with van der Waals surface area (Å²) >= 11 is 1.63. The third-order valence-corrected chi connectivity index (χ3v) is 8.09. The number of nitriles is 1. The molecule has 0 aromatic carbocycles. The highest BCUT2D eigenvalue weighted by Crippen LogP contribution is 2.28. The number of aromatic nitrogens is 1. The van der Waals surface area contributed by atoms with Gasteiger partial charge in [0.25, 0.3) is 5.91 Å². The largest absolute Gasteiger partial charge is 0.326 e. The first-order chi connectivity index (χ1) is 13.2. The zero-order valence-corrected chi connectivity index (χ0v) is 17.9. The zero-order valence-electron chi connectivity index (χ0n) is 16.3. The first-order valence-electron chi connectivity index (χ1n) is 9.16. The van der Waals surface area contributed by atoms with Crippen molar-refractivity contribution < 1.29 is 18.1 Å². The molecule has 1 saturated heterocycles. The van der Waals surface area contributed by atoms with E-state index in [2.05, 4.69) is 11.4 Å². The lowest BCUT2D eigenvalue weighted by molar-refractivity contribution is -0.894. The number of quaternary nitrogens is 1. The van der Waals surface area contributed by atoms with Crippen LogP contribution in [0.25, 0.3) is 0 Å². The van der Waals surface area contributed by atoms with Crippen molar-refractivity contribution in [3.8, 4) is 6.07 Å². The summed E-state index contributed by atoms with van der Waals surface area (Å²) in [7, 11) is -1.14. The third kappa shape index (κ3) is 4.29. The lowest BCUT2D eigenvalue weighted by atomic mass is 10.2. The fourth-order valence-electron chi connectivity index (χ4n) is 3.64. The first kappa shape index (κ1) is 20.6. The summed E-state index contributed by atoms with van der Waals surface area (Å²) in [5.41, 5.74) is 2.28. The Bertz CT molecular complexity index is 1020. The van der Waals surface area contributed by atoms with Gasteiger partial charge in [0.2, 0.25) is 0 Å². The zero-order chi connectivity index (χ0) is 20.5. The number of hydrogen-bond donors (Lipinski definition) is 2. The summed E-state index contributed by atoms with van der Waals surface area (Å²) < 4.78 is 25.3. The van der Waals surface area contributed by atoms with Gasteiger partial charge in [-0.05, 0) is 30.9 Å². The van der Waals surface area contributed by atoms with Crippen molar-refractivity contribution in [3.05, 3.63) is 39.2 Å². The molecule has 0 saturated carbocycles. The van der Waals surface area contributed by atoms with E-state index in [0.29, 0.717) is 24.3 Å². The van der Waals surface area contributed by atoms with Gasteiger partial charge >= 0.3 is 0 Å². The molecule has 9 heteroatoms. The number of anilines is 1. The smallest absolute Gasteiger partial charge is 0.280 e. The van der Waals surface area contributed by atoms with E-state index in [1.54, 1.807) is 11.3 Å². The molecule has 2 atom stereocenters. The minimum Gasteiger partial charge on any atom is -0.326 e. The fourth-order valence-corrected chi connectivity index (χ4v) is 6.21. The van der Waals surface area contributed by atoms with Gasteiger partial charge in [-0.2, -0.15) is 5.26 Å². The second-order valence-corrected chi connectivity index (χ2v) is 10.6. The first-order valence-corrected chi connectivity index (χ1v) is 11.9. The number of rotatable bonds is 6. The number of thiophene rings is 1. The number of amides is 1. The van der Waals surface area contributed by atoms with Crippen LogP contribution in [-0.4, -0.2) is 50.0 Å². The number of nitrogens with zero attached hydrogens (tertiary/aromatic N) is 2. The molecule has 2 N–H and O–H groups in total. The molecular weight excluding hydrogens is 396 g/mol. The minimum atomic E-state index is -2.98. The van der Waals surface area contributed by atoms with Crippen LogP contribution in [0, 0.1) is 25.2 Å². The Morgan fingerprint density at radius 3 is 2.79 bits per heavy atom. The van der Waals surface area contributed by atoms with E-state index in [1.165, 1.54) is 0 Å². The predicted molar refractivity (Wildman–Crippen MR) is 109 cm³/mol. The van der Waals surface area contributed by atoms with Crippen LogP contribution >= 0.6 is 11.3 Å². The summed E-state index contributed by atoms with van der Waals surface area (Å²) in [6.45, 7) is 4.58. The molecular formula is C19H25N4O3S2+.